The summed E-state index contributed by atoms with van der Waals surface area (Å²) < 4.78 is 15.9. The largest absolute Gasteiger partial charge is 0.376 e. The van der Waals surface area contributed by atoms with Crippen molar-refractivity contribution in [1.82, 2.24) is 30.1 Å². The summed E-state index contributed by atoms with van der Waals surface area (Å²) in [5, 5.41) is 7.73. The fourth-order valence-electron chi connectivity index (χ4n) is 4.08. The van der Waals surface area contributed by atoms with Gasteiger partial charge in [-0.2, -0.15) is 5.10 Å². The Hall–Kier alpha value is -4.11. The Morgan fingerprint density at radius 1 is 1.00 bits per heavy atom. The SMILES string of the molecule is Cc1ccc(-c2nccc3[nH]c(-c4n[nH]c5ccc(-c6cncc(N(C)C)c6)c(F)c45)nc23)s1. The second kappa shape index (κ2) is 7.74. The molecule has 7 nitrogen and oxygen atoms in total. The van der Waals surface area contributed by atoms with Crippen molar-refractivity contribution in [1.29, 1.82) is 0 Å². The second-order valence-corrected chi connectivity index (χ2v) is 9.59. The predicted molar refractivity (Wildman–Crippen MR) is 135 cm³/mol. The van der Waals surface area contributed by atoms with Crippen LogP contribution in [-0.4, -0.2) is 44.2 Å². The molecule has 168 valence electrons. The van der Waals surface area contributed by atoms with Gasteiger partial charge in [-0.05, 0) is 43.3 Å². The summed E-state index contributed by atoms with van der Waals surface area (Å²) in [7, 11) is 3.85. The number of aryl methyl sites for hydroxylation is 1. The van der Waals surface area contributed by atoms with Gasteiger partial charge in [0.25, 0.3) is 0 Å². The number of nitrogens with one attached hydrogen (secondary N) is 2. The van der Waals surface area contributed by atoms with Crippen molar-refractivity contribution in [3.05, 3.63) is 65.7 Å². The topological polar surface area (TPSA) is 86.4 Å². The van der Waals surface area contributed by atoms with Gasteiger partial charge in [0.05, 0.1) is 33.2 Å². The highest BCUT2D eigenvalue weighted by molar-refractivity contribution is 7.15. The Balaban J connectivity index is 1.52. The summed E-state index contributed by atoms with van der Waals surface area (Å²) in [6.07, 6.45) is 5.16. The summed E-state index contributed by atoms with van der Waals surface area (Å²) in [4.78, 5) is 21.1. The third-order valence-corrected chi connectivity index (χ3v) is 6.82. The number of hydrogen-bond acceptors (Lipinski definition) is 6. The summed E-state index contributed by atoms with van der Waals surface area (Å²) >= 11 is 1.66. The van der Waals surface area contributed by atoms with Crippen molar-refractivity contribution >= 4 is 39.0 Å². The lowest BCUT2D eigenvalue weighted by atomic mass is 10.0. The number of fused-ring (bicyclic) bond motifs is 2. The molecule has 0 saturated carbocycles. The van der Waals surface area contributed by atoms with Crippen LogP contribution in [0.25, 0.3) is 55.2 Å². The molecular formula is C25H20FN7S. The third-order valence-electron chi connectivity index (χ3n) is 5.82. The van der Waals surface area contributed by atoms with E-state index in [0.29, 0.717) is 33.5 Å². The number of hydrogen-bond donors (Lipinski definition) is 2. The van der Waals surface area contributed by atoms with Crippen molar-refractivity contribution in [3.63, 3.8) is 0 Å². The van der Waals surface area contributed by atoms with Crippen molar-refractivity contribution in [2.75, 3.05) is 19.0 Å². The number of aromatic nitrogens is 6. The molecule has 9 heteroatoms. The van der Waals surface area contributed by atoms with E-state index in [0.717, 1.165) is 27.3 Å². The number of halogens is 1. The van der Waals surface area contributed by atoms with Crippen LogP contribution in [0.1, 0.15) is 4.88 Å². The van der Waals surface area contributed by atoms with Gasteiger partial charge in [0.15, 0.2) is 5.82 Å². The smallest absolute Gasteiger partial charge is 0.159 e. The maximum Gasteiger partial charge on any atom is 0.159 e. The first-order chi connectivity index (χ1) is 16.5. The lowest BCUT2D eigenvalue weighted by molar-refractivity contribution is 0.643. The third kappa shape index (κ3) is 3.24. The molecule has 0 aliphatic carbocycles. The van der Waals surface area contributed by atoms with Gasteiger partial charge in [-0.1, -0.05) is 0 Å². The van der Waals surface area contributed by atoms with Gasteiger partial charge in [0.2, 0.25) is 0 Å². The number of anilines is 1. The molecule has 0 aliphatic heterocycles. The maximum absolute atomic E-state index is 15.9. The van der Waals surface area contributed by atoms with E-state index >= 15 is 4.39 Å². The van der Waals surface area contributed by atoms with Crippen LogP contribution in [-0.2, 0) is 0 Å². The molecule has 0 fully saturated rings. The Kier molecular flexibility index (Phi) is 4.66. The Bertz CT molecular complexity index is 1680. The first-order valence-electron chi connectivity index (χ1n) is 10.7. The molecule has 0 spiro atoms. The van der Waals surface area contributed by atoms with Gasteiger partial charge in [-0.3, -0.25) is 15.1 Å². The summed E-state index contributed by atoms with van der Waals surface area (Å²) in [5.74, 6) is 0.117. The molecule has 0 bridgehead atoms. The zero-order valence-electron chi connectivity index (χ0n) is 18.7. The molecule has 5 heterocycles. The molecule has 34 heavy (non-hydrogen) atoms. The Morgan fingerprint density at radius 2 is 1.88 bits per heavy atom. The highest BCUT2D eigenvalue weighted by atomic mass is 32.1. The molecule has 1 aromatic carbocycles. The standard InChI is InChI=1S/C25H20FN7S/c1-13-4-7-19(34-13)23-22-18(8-9-28-23)29-25(30-22)24-20-17(31-32-24)6-5-16(21(20)26)14-10-15(33(2)3)12-27-11-14/h4-12H,1-3H3,(H,29,30)(H,31,32). The first kappa shape index (κ1) is 20.5. The van der Waals surface area contributed by atoms with E-state index in [1.165, 1.54) is 4.88 Å². The average Bonchev–Trinajstić information content (AvgIpc) is 3.56. The predicted octanol–water partition coefficient (Wildman–Crippen LogP) is 5.81. The van der Waals surface area contributed by atoms with Crippen LogP contribution in [0.3, 0.4) is 0 Å². The Morgan fingerprint density at radius 3 is 2.68 bits per heavy atom. The molecule has 0 saturated heterocycles. The molecule has 6 rings (SSSR count). The van der Waals surface area contributed by atoms with Crippen LogP contribution < -0.4 is 4.90 Å². The molecule has 0 aliphatic rings. The van der Waals surface area contributed by atoms with Gasteiger partial charge < -0.3 is 9.88 Å². The highest BCUT2D eigenvalue weighted by Gasteiger charge is 2.21. The maximum atomic E-state index is 15.9. The summed E-state index contributed by atoms with van der Waals surface area (Å²) in [6, 6.07) is 11.5. The number of pyridine rings is 2. The average molecular weight is 470 g/mol. The molecule has 2 N–H and O–H groups in total. The van der Waals surface area contributed by atoms with E-state index in [4.69, 9.17) is 4.98 Å². The lowest BCUT2D eigenvalue weighted by Gasteiger charge is -2.13. The number of rotatable bonds is 4. The minimum atomic E-state index is -0.369. The van der Waals surface area contributed by atoms with E-state index in [-0.39, 0.29) is 5.82 Å². The number of thiophene rings is 1. The van der Waals surface area contributed by atoms with Crippen molar-refractivity contribution in [2.45, 2.75) is 6.92 Å². The second-order valence-electron chi connectivity index (χ2n) is 8.30. The van der Waals surface area contributed by atoms with Crippen LogP contribution in [0.5, 0.6) is 0 Å². The van der Waals surface area contributed by atoms with Crippen LogP contribution >= 0.6 is 11.3 Å². The number of imidazole rings is 1. The minimum Gasteiger partial charge on any atom is -0.376 e. The zero-order valence-corrected chi connectivity index (χ0v) is 19.5. The molecule has 0 atom stereocenters. The number of H-pyrrole nitrogens is 2. The number of nitrogens with zero attached hydrogens (tertiary/aromatic N) is 5. The Labute approximate surface area is 198 Å². The summed E-state index contributed by atoms with van der Waals surface area (Å²) in [6.45, 7) is 2.06. The van der Waals surface area contributed by atoms with Crippen molar-refractivity contribution in [2.24, 2.45) is 0 Å². The fraction of sp³-hybridized carbons (Fsp3) is 0.120. The number of benzene rings is 1. The van der Waals surface area contributed by atoms with Gasteiger partial charge >= 0.3 is 0 Å². The first-order valence-corrected chi connectivity index (χ1v) is 11.5. The highest BCUT2D eigenvalue weighted by Crippen LogP contribution is 2.36. The van der Waals surface area contributed by atoms with E-state index < -0.39 is 0 Å². The van der Waals surface area contributed by atoms with Crippen molar-refractivity contribution in [3.8, 4) is 33.2 Å². The molecule has 5 aromatic heterocycles. The number of aromatic amines is 2. The van der Waals surface area contributed by atoms with Crippen LogP contribution in [0, 0.1) is 12.7 Å². The molecular weight excluding hydrogens is 449 g/mol. The van der Waals surface area contributed by atoms with Crippen LogP contribution in [0.4, 0.5) is 10.1 Å². The molecule has 0 amide bonds. The molecule has 0 unspecified atom stereocenters. The monoisotopic (exact) mass is 469 g/mol. The van der Waals surface area contributed by atoms with E-state index in [9.17, 15) is 0 Å². The summed E-state index contributed by atoms with van der Waals surface area (Å²) in [5.41, 5.74) is 5.42. The fourth-order valence-corrected chi connectivity index (χ4v) is 4.94. The van der Waals surface area contributed by atoms with Gasteiger partial charge in [0, 0.05) is 42.5 Å². The lowest BCUT2D eigenvalue weighted by Crippen LogP contribution is -2.08. The zero-order chi connectivity index (χ0) is 23.4. The quantitative estimate of drug-likeness (QED) is 0.340. The normalized spacial score (nSPS) is 11.5. The molecule has 0 radical (unpaired) electrons. The van der Waals surface area contributed by atoms with Gasteiger partial charge in [-0.25, -0.2) is 9.37 Å². The van der Waals surface area contributed by atoms with Crippen molar-refractivity contribution < 1.29 is 4.39 Å². The minimum absolute atomic E-state index is 0.369. The van der Waals surface area contributed by atoms with E-state index in [1.807, 2.05) is 43.3 Å². The molecule has 6 aromatic rings. The van der Waals surface area contributed by atoms with Crippen LogP contribution in [0.15, 0.2) is 55.0 Å². The van der Waals surface area contributed by atoms with Gasteiger partial charge in [-0.15, -0.1) is 11.3 Å². The van der Waals surface area contributed by atoms with Crippen LogP contribution in [0.2, 0.25) is 0 Å². The van der Waals surface area contributed by atoms with Gasteiger partial charge in [0.1, 0.15) is 22.7 Å². The van der Waals surface area contributed by atoms with E-state index in [1.54, 1.807) is 36.0 Å². The van der Waals surface area contributed by atoms with E-state index in [2.05, 4.69) is 38.1 Å².